The van der Waals surface area contributed by atoms with E-state index in [2.05, 4.69) is 25.3 Å². The fourth-order valence-corrected chi connectivity index (χ4v) is 3.56. The van der Waals surface area contributed by atoms with Crippen molar-refractivity contribution in [2.24, 2.45) is 0 Å². The summed E-state index contributed by atoms with van der Waals surface area (Å²) in [5, 5.41) is 3.82. The Kier molecular flexibility index (Phi) is 6.39. The maximum Gasteiger partial charge on any atom is 0.347 e. The number of carbonyl (C=O) groups is 2. The van der Waals surface area contributed by atoms with Crippen LogP contribution in [-0.2, 0) is 25.7 Å². The quantitative estimate of drug-likeness (QED) is 0.219. The summed E-state index contributed by atoms with van der Waals surface area (Å²) in [6.45, 7) is 2.01. The van der Waals surface area contributed by atoms with Gasteiger partial charge < -0.3 is 24.5 Å². The normalized spacial score (nSPS) is 14.2. The third-order valence-electron chi connectivity index (χ3n) is 5.24. The first kappa shape index (κ1) is 22.8. The number of allylic oxidation sites excluding steroid dienone is 1. The zero-order chi connectivity index (χ0) is 24.9. The number of benzene rings is 1. The van der Waals surface area contributed by atoms with Crippen molar-refractivity contribution in [1.82, 2.24) is 19.9 Å². The molecule has 0 aliphatic carbocycles. The second-order valence-electron chi connectivity index (χ2n) is 7.61. The second-order valence-corrected chi connectivity index (χ2v) is 7.61. The van der Waals surface area contributed by atoms with E-state index in [1.807, 2.05) is 6.07 Å². The van der Waals surface area contributed by atoms with Gasteiger partial charge >= 0.3 is 5.97 Å². The van der Waals surface area contributed by atoms with Gasteiger partial charge in [0.25, 0.3) is 0 Å². The number of Topliss-reactive ketones (excluding diaryl/α,β-unsaturated/α-hetero) is 1. The monoisotopic (exact) mass is 483 g/mol. The number of H-pyrrole nitrogens is 1. The van der Waals surface area contributed by atoms with Crippen LogP contribution in [0.3, 0.4) is 0 Å². The molecule has 5 rings (SSSR count). The van der Waals surface area contributed by atoms with Crippen LogP contribution < -0.4 is 10.1 Å². The molecule has 1 aliphatic rings. The highest BCUT2D eigenvalue weighted by molar-refractivity contribution is 6.26. The number of nitrogens with zero attached hydrogens (tertiary/aromatic N) is 3. The number of nitrogens with one attached hydrogen (secondary N) is 2. The van der Waals surface area contributed by atoms with Crippen molar-refractivity contribution in [2.75, 3.05) is 11.9 Å². The summed E-state index contributed by atoms with van der Waals surface area (Å²) in [6, 6.07) is 12.3. The average Bonchev–Trinajstić information content (AvgIpc) is 3.45. The number of pyridine rings is 1. The Balaban J connectivity index is 1.36. The van der Waals surface area contributed by atoms with E-state index in [1.165, 1.54) is 0 Å². The number of ether oxygens (including phenoxy) is 3. The number of fused-ring (bicyclic) bond motifs is 1. The summed E-state index contributed by atoms with van der Waals surface area (Å²) in [5.41, 5.74) is 1.76. The summed E-state index contributed by atoms with van der Waals surface area (Å²) in [6.07, 6.45) is 8.25. The molecule has 180 valence electrons. The Hall–Kier alpha value is -4.99. The Morgan fingerprint density at radius 2 is 1.86 bits per heavy atom. The van der Waals surface area contributed by atoms with Gasteiger partial charge in [-0.2, -0.15) is 0 Å². The van der Waals surface area contributed by atoms with Gasteiger partial charge in [-0.1, -0.05) is 0 Å². The van der Waals surface area contributed by atoms with Crippen LogP contribution in [0.4, 0.5) is 5.69 Å². The van der Waals surface area contributed by atoms with Crippen molar-refractivity contribution in [1.29, 1.82) is 0 Å². The highest BCUT2D eigenvalue weighted by Gasteiger charge is 2.37. The number of hydrogen-bond donors (Lipinski definition) is 2. The topological polar surface area (TPSA) is 128 Å². The Bertz CT molecular complexity index is 1480. The van der Waals surface area contributed by atoms with Crippen molar-refractivity contribution in [3.63, 3.8) is 0 Å². The molecule has 0 radical (unpaired) electrons. The Morgan fingerprint density at radius 3 is 2.64 bits per heavy atom. The molecule has 0 fully saturated rings. The molecule has 10 heteroatoms. The summed E-state index contributed by atoms with van der Waals surface area (Å²) in [4.78, 5) is 41.2. The lowest BCUT2D eigenvalue weighted by Gasteiger charge is -2.10. The number of hydrogen-bond acceptors (Lipinski definition) is 9. The fraction of sp³-hybridized carbons (Fsp3) is 0.115. The van der Waals surface area contributed by atoms with Gasteiger partial charge in [-0.3, -0.25) is 4.79 Å². The molecule has 3 aromatic heterocycles. The SMILES string of the molecule is CCOC(=O)C1=C(Nc2ccc(OCc3ncccn3)cc2)O/C(=C\c2c[nH]c3ncccc23)C1=O. The van der Waals surface area contributed by atoms with E-state index in [4.69, 9.17) is 14.2 Å². The first-order valence-corrected chi connectivity index (χ1v) is 11.2. The van der Waals surface area contributed by atoms with Crippen molar-refractivity contribution >= 4 is 34.5 Å². The van der Waals surface area contributed by atoms with Gasteiger partial charge in [0.1, 0.15) is 18.0 Å². The van der Waals surface area contributed by atoms with Crippen molar-refractivity contribution in [3.05, 3.63) is 95.9 Å². The summed E-state index contributed by atoms with van der Waals surface area (Å²) in [5.74, 6) is -0.187. The molecule has 0 saturated carbocycles. The standard InChI is InChI=1S/C26H21N5O5/c1-2-34-26(33)22-23(32)20(13-16-14-30-24-19(16)5-3-10-29-24)36-25(22)31-17-6-8-18(9-7-17)35-15-21-27-11-4-12-28-21/h3-14,31H,2,15H2,1H3,(H,29,30)/b20-13-. The average molecular weight is 483 g/mol. The van der Waals surface area contributed by atoms with Gasteiger partial charge in [0.05, 0.1) is 6.61 Å². The predicted octanol–water partition coefficient (Wildman–Crippen LogP) is 3.76. The highest BCUT2D eigenvalue weighted by Crippen LogP contribution is 2.30. The lowest BCUT2D eigenvalue weighted by Crippen LogP contribution is -2.16. The van der Waals surface area contributed by atoms with Gasteiger partial charge in [-0.15, -0.1) is 0 Å². The smallest absolute Gasteiger partial charge is 0.347 e. The van der Waals surface area contributed by atoms with Gasteiger partial charge in [0, 0.05) is 41.4 Å². The summed E-state index contributed by atoms with van der Waals surface area (Å²) < 4.78 is 16.6. The van der Waals surface area contributed by atoms with E-state index < -0.39 is 11.8 Å². The largest absolute Gasteiger partial charge is 0.486 e. The molecule has 2 N–H and O–H groups in total. The second kappa shape index (κ2) is 10.1. The van der Waals surface area contributed by atoms with Crippen LogP contribution in [0.15, 0.2) is 84.5 Å². The predicted molar refractivity (Wildman–Crippen MR) is 130 cm³/mol. The minimum atomic E-state index is -0.767. The van der Waals surface area contributed by atoms with Crippen LogP contribution in [-0.4, -0.2) is 38.3 Å². The number of esters is 1. The van der Waals surface area contributed by atoms with E-state index >= 15 is 0 Å². The van der Waals surface area contributed by atoms with E-state index in [0.29, 0.717) is 28.5 Å². The lowest BCUT2D eigenvalue weighted by atomic mass is 10.1. The van der Waals surface area contributed by atoms with E-state index in [1.54, 1.807) is 74.2 Å². The van der Waals surface area contributed by atoms with Crippen molar-refractivity contribution < 1.29 is 23.8 Å². The molecular formula is C26H21N5O5. The number of aromatic nitrogens is 4. The zero-order valence-corrected chi connectivity index (χ0v) is 19.2. The Labute approximate surface area is 205 Å². The fourth-order valence-electron chi connectivity index (χ4n) is 3.56. The number of anilines is 1. The maximum absolute atomic E-state index is 13.1. The summed E-state index contributed by atoms with van der Waals surface area (Å²) >= 11 is 0. The molecule has 1 aliphatic heterocycles. The van der Waals surface area contributed by atoms with Crippen LogP contribution in [0.5, 0.6) is 5.75 Å². The van der Waals surface area contributed by atoms with E-state index in [-0.39, 0.29) is 30.4 Å². The minimum Gasteiger partial charge on any atom is -0.486 e. The van der Waals surface area contributed by atoms with Crippen molar-refractivity contribution in [3.8, 4) is 5.75 Å². The minimum absolute atomic E-state index is 0.00554. The van der Waals surface area contributed by atoms with Crippen LogP contribution in [0.25, 0.3) is 17.1 Å². The van der Waals surface area contributed by atoms with Crippen LogP contribution in [0, 0.1) is 0 Å². The molecule has 10 nitrogen and oxygen atoms in total. The van der Waals surface area contributed by atoms with Gasteiger partial charge in [0.2, 0.25) is 11.7 Å². The third-order valence-corrected chi connectivity index (χ3v) is 5.24. The molecule has 0 amide bonds. The molecule has 4 aromatic rings. The lowest BCUT2D eigenvalue weighted by molar-refractivity contribution is -0.139. The third kappa shape index (κ3) is 4.78. The molecule has 0 spiro atoms. The number of rotatable bonds is 8. The van der Waals surface area contributed by atoms with Gasteiger partial charge in [-0.05, 0) is 55.5 Å². The molecule has 0 unspecified atom stereocenters. The summed E-state index contributed by atoms with van der Waals surface area (Å²) in [7, 11) is 0. The molecule has 0 atom stereocenters. The molecular weight excluding hydrogens is 462 g/mol. The highest BCUT2D eigenvalue weighted by atomic mass is 16.5. The zero-order valence-electron chi connectivity index (χ0n) is 19.2. The van der Waals surface area contributed by atoms with Crippen LogP contribution in [0.1, 0.15) is 18.3 Å². The van der Waals surface area contributed by atoms with E-state index in [0.717, 1.165) is 5.39 Å². The Morgan fingerprint density at radius 1 is 1.08 bits per heavy atom. The molecule has 36 heavy (non-hydrogen) atoms. The van der Waals surface area contributed by atoms with Gasteiger partial charge in [-0.25, -0.2) is 19.7 Å². The van der Waals surface area contributed by atoms with E-state index in [9.17, 15) is 9.59 Å². The number of carbonyl (C=O) groups excluding carboxylic acids is 2. The molecule has 4 heterocycles. The first-order valence-electron chi connectivity index (χ1n) is 11.2. The van der Waals surface area contributed by atoms with Gasteiger partial charge in [0.15, 0.2) is 17.2 Å². The molecule has 0 saturated heterocycles. The van der Waals surface area contributed by atoms with Crippen molar-refractivity contribution in [2.45, 2.75) is 13.5 Å². The number of aromatic amines is 1. The molecule has 0 bridgehead atoms. The molecule has 1 aromatic carbocycles. The number of ketones is 1. The van der Waals surface area contributed by atoms with Crippen LogP contribution >= 0.6 is 0 Å². The maximum atomic E-state index is 13.1. The first-order chi connectivity index (χ1) is 17.6. The van der Waals surface area contributed by atoms with Crippen LogP contribution in [0.2, 0.25) is 0 Å².